The molecular formula is C12H19N3O. The van der Waals surface area contributed by atoms with Gasteiger partial charge in [0.2, 0.25) is 0 Å². The van der Waals surface area contributed by atoms with Gasteiger partial charge < -0.3 is 10.0 Å². The molecule has 0 saturated heterocycles. The minimum atomic E-state index is -0.0909. The van der Waals surface area contributed by atoms with Crippen LogP contribution in [0.1, 0.15) is 37.9 Å². The van der Waals surface area contributed by atoms with Gasteiger partial charge in [0.05, 0.1) is 0 Å². The number of rotatable bonds is 3. The summed E-state index contributed by atoms with van der Waals surface area (Å²) in [5.74, 6) is 1.42. The zero-order valence-corrected chi connectivity index (χ0v) is 9.76. The zero-order valence-electron chi connectivity index (χ0n) is 9.76. The van der Waals surface area contributed by atoms with Crippen molar-refractivity contribution in [3.05, 3.63) is 18.1 Å². The largest absolute Gasteiger partial charge is 0.388 e. The Morgan fingerprint density at radius 1 is 1.38 bits per heavy atom. The molecule has 0 aromatic carbocycles. The Morgan fingerprint density at radius 3 is 2.81 bits per heavy atom. The second-order valence-electron chi connectivity index (χ2n) is 4.39. The van der Waals surface area contributed by atoms with E-state index in [0.29, 0.717) is 11.9 Å². The molecule has 4 heteroatoms. The zero-order chi connectivity index (χ0) is 11.4. The third-order valence-electron chi connectivity index (χ3n) is 3.32. The molecule has 1 heterocycles. The van der Waals surface area contributed by atoms with Crippen molar-refractivity contribution in [1.82, 2.24) is 9.97 Å². The minimum Gasteiger partial charge on any atom is -0.388 e. The van der Waals surface area contributed by atoms with E-state index < -0.39 is 0 Å². The molecule has 1 aliphatic carbocycles. The molecule has 2 rings (SSSR count). The van der Waals surface area contributed by atoms with Gasteiger partial charge in [0.25, 0.3) is 0 Å². The lowest BCUT2D eigenvalue weighted by Crippen LogP contribution is -2.34. The van der Waals surface area contributed by atoms with Crippen LogP contribution in [-0.2, 0) is 6.61 Å². The van der Waals surface area contributed by atoms with Crippen molar-refractivity contribution in [2.75, 3.05) is 11.9 Å². The van der Waals surface area contributed by atoms with Gasteiger partial charge in [-0.1, -0.05) is 19.3 Å². The molecule has 0 unspecified atom stereocenters. The van der Waals surface area contributed by atoms with E-state index in [1.54, 1.807) is 6.20 Å². The summed E-state index contributed by atoms with van der Waals surface area (Å²) in [5.41, 5.74) is 0. The highest BCUT2D eigenvalue weighted by Crippen LogP contribution is 2.24. The Kier molecular flexibility index (Phi) is 3.72. The van der Waals surface area contributed by atoms with Gasteiger partial charge >= 0.3 is 0 Å². The van der Waals surface area contributed by atoms with Crippen LogP contribution in [0.4, 0.5) is 5.82 Å². The van der Waals surface area contributed by atoms with E-state index >= 15 is 0 Å². The van der Waals surface area contributed by atoms with Crippen molar-refractivity contribution in [3.63, 3.8) is 0 Å². The predicted molar refractivity (Wildman–Crippen MR) is 63.2 cm³/mol. The smallest absolute Gasteiger partial charge is 0.156 e. The first kappa shape index (κ1) is 11.3. The summed E-state index contributed by atoms with van der Waals surface area (Å²) < 4.78 is 0. The molecule has 1 saturated carbocycles. The third-order valence-corrected chi connectivity index (χ3v) is 3.32. The van der Waals surface area contributed by atoms with E-state index in [2.05, 4.69) is 21.9 Å². The van der Waals surface area contributed by atoms with Crippen molar-refractivity contribution >= 4 is 5.82 Å². The van der Waals surface area contributed by atoms with Gasteiger partial charge in [-0.15, -0.1) is 0 Å². The van der Waals surface area contributed by atoms with Crippen LogP contribution in [0.2, 0.25) is 0 Å². The van der Waals surface area contributed by atoms with Crippen LogP contribution < -0.4 is 4.90 Å². The lowest BCUT2D eigenvalue weighted by Gasteiger charge is -2.32. The first-order valence-corrected chi connectivity index (χ1v) is 5.97. The highest BCUT2D eigenvalue weighted by atomic mass is 16.3. The van der Waals surface area contributed by atoms with E-state index in [4.69, 9.17) is 5.11 Å². The molecule has 0 aliphatic heterocycles. The summed E-state index contributed by atoms with van der Waals surface area (Å²) in [5, 5.41) is 9.01. The maximum atomic E-state index is 9.01. The molecular weight excluding hydrogens is 202 g/mol. The number of aliphatic hydroxyl groups excluding tert-OH is 1. The Hall–Kier alpha value is -1.16. The molecule has 0 atom stereocenters. The van der Waals surface area contributed by atoms with Gasteiger partial charge in [-0.2, -0.15) is 0 Å². The van der Waals surface area contributed by atoms with Crippen LogP contribution in [0.5, 0.6) is 0 Å². The molecule has 0 amide bonds. The molecule has 0 bridgehead atoms. The van der Waals surface area contributed by atoms with Gasteiger partial charge in [-0.05, 0) is 18.9 Å². The van der Waals surface area contributed by atoms with Crippen molar-refractivity contribution < 1.29 is 5.11 Å². The molecule has 0 spiro atoms. The normalized spacial score (nSPS) is 17.4. The molecule has 1 N–H and O–H groups in total. The van der Waals surface area contributed by atoms with Crippen molar-refractivity contribution in [1.29, 1.82) is 0 Å². The monoisotopic (exact) mass is 221 g/mol. The molecule has 4 nitrogen and oxygen atoms in total. The maximum absolute atomic E-state index is 9.01. The highest BCUT2D eigenvalue weighted by molar-refractivity contribution is 5.37. The summed E-state index contributed by atoms with van der Waals surface area (Å²) in [6, 6.07) is 2.50. The predicted octanol–water partition coefficient (Wildman–Crippen LogP) is 1.74. The molecule has 0 radical (unpaired) electrons. The fourth-order valence-corrected chi connectivity index (χ4v) is 2.32. The SMILES string of the molecule is CN(c1ccnc(CO)n1)C1CCCCC1. The summed E-state index contributed by atoms with van der Waals surface area (Å²) in [6.07, 6.45) is 8.19. The Labute approximate surface area is 96.3 Å². The number of anilines is 1. The number of hydrogen-bond acceptors (Lipinski definition) is 4. The Morgan fingerprint density at radius 2 is 2.12 bits per heavy atom. The number of nitrogens with zero attached hydrogens (tertiary/aromatic N) is 3. The number of aliphatic hydroxyl groups is 1. The minimum absolute atomic E-state index is 0.0909. The van der Waals surface area contributed by atoms with E-state index in [0.717, 1.165) is 5.82 Å². The number of hydrogen-bond donors (Lipinski definition) is 1. The van der Waals surface area contributed by atoms with Crippen molar-refractivity contribution in [2.45, 2.75) is 44.8 Å². The van der Waals surface area contributed by atoms with E-state index in [1.807, 2.05) is 6.07 Å². The topological polar surface area (TPSA) is 49.2 Å². The van der Waals surface area contributed by atoms with Crippen LogP contribution >= 0.6 is 0 Å². The maximum Gasteiger partial charge on any atom is 0.156 e. The van der Waals surface area contributed by atoms with Gasteiger partial charge in [0.1, 0.15) is 12.4 Å². The van der Waals surface area contributed by atoms with Gasteiger partial charge in [-0.25, -0.2) is 9.97 Å². The Bertz CT molecular complexity index is 337. The van der Waals surface area contributed by atoms with Crippen LogP contribution in [0.15, 0.2) is 12.3 Å². The van der Waals surface area contributed by atoms with E-state index in [9.17, 15) is 0 Å². The van der Waals surface area contributed by atoms with E-state index in [1.165, 1.54) is 32.1 Å². The first-order chi connectivity index (χ1) is 7.81. The fourth-order valence-electron chi connectivity index (χ4n) is 2.32. The van der Waals surface area contributed by atoms with Crippen molar-refractivity contribution in [2.24, 2.45) is 0 Å². The number of aromatic nitrogens is 2. The lowest BCUT2D eigenvalue weighted by molar-refractivity contribution is 0.271. The highest BCUT2D eigenvalue weighted by Gasteiger charge is 2.19. The second kappa shape index (κ2) is 5.25. The molecule has 16 heavy (non-hydrogen) atoms. The summed E-state index contributed by atoms with van der Waals surface area (Å²) in [7, 11) is 2.08. The van der Waals surface area contributed by atoms with Crippen LogP contribution in [0.25, 0.3) is 0 Å². The quantitative estimate of drug-likeness (QED) is 0.844. The van der Waals surface area contributed by atoms with Crippen molar-refractivity contribution in [3.8, 4) is 0 Å². The standard InChI is InChI=1S/C12H19N3O/c1-15(10-5-3-2-4-6-10)12-7-8-13-11(9-16)14-12/h7-8,10,16H,2-6,9H2,1H3. The Balaban J connectivity index is 2.09. The summed E-state index contributed by atoms with van der Waals surface area (Å²) >= 11 is 0. The van der Waals surface area contributed by atoms with Gasteiger partial charge in [0.15, 0.2) is 5.82 Å². The van der Waals surface area contributed by atoms with Crippen LogP contribution in [0, 0.1) is 0 Å². The molecule has 1 aromatic rings. The lowest BCUT2D eigenvalue weighted by atomic mass is 9.94. The van der Waals surface area contributed by atoms with Crippen LogP contribution in [0.3, 0.4) is 0 Å². The third kappa shape index (κ3) is 2.50. The van der Waals surface area contributed by atoms with Crippen LogP contribution in [-0.4, -0.2) is 28.2 Å². The molecule has 1 aromatic heterocycles. The summed E-state index contributed by atoms with van der Waals surface area (Å²) in [6.45, 7) is -0.0909. The summed E-state index contributed by atoms with van der Waals surface area (Å²) in [4.78, 5) is 10.6. The van der Waals surface area contributed by atoms with Gasteiger partial charge in [0, 0.05) is 19.3 Å². The average molecular weight is 221 g/mol. The van der Waals surface area contributed by atoms with Gasteiger partial charge in [-0.3, -0.25) is 0 Å². The molecule has 88 valence electrons. The first-order valence-electron chi connectivity index (χ1n) is 5.97. The fraction of sp³-hybridized carbons (Fsp3) is 0.667. The molecule has 1 aliphatic rings. The average Bonchev–Trinajstić information content (AvgIpc) is 2.39. The molecule has 1 fully saturated rings. The second-order valence-corrected chi connectivity index (χ2v) is 4.39. The van der Waals surface area contributed by atoms with E-state index in [-0.39, 0.29) is 6.61 Å².